The largest absolute Gasteiger partial charge is 0.493 e. The van der Waals surface area contributed by atoms with E-state index in [1.165, 1.54) is 12.8 Å². The first-order valence-electron chi connectivity index (χ1n) is 11.7. The number of rotatable bonds is 8. The van der Waals surface area contributed by atoms with E-state index in [9.17, 15) is 0 Å². The topological polar surface area (TPSA) is 75.4 Å². The van der Waals surface area contributed by atoms with Crippen molar-refractivity contribution in [2.75, 3.05) is 39.8 Å². The van der Waals surface area contributed by atoms with Crippen molar-refractivity contribution in [2.45, 2.75) is 51.8 Å². The number of ether oxygens (including phenoxy) is 2. The van der Waals surface area contributed by atoms with E-state index >= 15 is 0 Å². The first-order chi connectivity index (χ1) is 15.7. The summed E-state index contributed by atoms with van der Waals surface area (Å²) >= 11 is 0. The van der Waals surface area contributed by atoms with Gasteiger partial charge in [-0.3, -0.25) is 4.90 Å². The summed E-state index contributed by atoms with van der Waals surface area (Å²) in [5, 5.41) is 7.47. The van der Waals surface area contributed by atoms with Gasteiger partial charge in [-0.1, -0.05) is 11.2 Å². The Labute approximate surface area is 190 Å². The molecule has 2 fully saturated rings. The van der Waals surface area contributed by atoms with E-state index in [1.54, 1.807) is 13.4 Å². The summed E-state index contributed by atoms with van der Waals surface area (Å²) in [6.45, 7) is 8.18. The molecule has 4 rings (SSSR count). The molecule has 1 aliphatic heterocycles. The number of hydrogen-bond donors (Lipinski definition) is 1. The fourth-order valence-electron chi connectivity index (χ4n) is 4.35. The molecule has 1 aliphatic carbocycles. The van der Waals surface area contributed by atoms with Crippen molar-refractivity contribution in [3.05, 3.63) is 41.8 Å². The maximum absolute atomic E-state index is 6.16. The third-order valence-electron chi connectivity index (χ3n) is 6.12. The van der Waals surface area contributed by atoms with Gasteiger partial charge < -0.3 is 24.2 Å². The molecule has 0 radical (unpaired) electrons. The molecule has 2 aromatic rings. The van der Waals surface area contributed by atoms with Crippen molar-refractivity contribution < 1.29 is 14.0 Å². The molecule has 1 N–H and O–H groups in total. The van der Waals surface area contributed by atoms with Crippen LogP contribution in [0.15, 0.2) is 40.0 Å². The first-order valence-corrected chi connectivity index (χ1v) is 11.7. The number of nitrogens with one attached hydrogen (secondary N) is 1. The lowest BCUT2D eigenvalue weighted by Gasteiger charge is -2.36. The fraction of sp³-hybridized carbons (Fsp3) is 0.583. The van der Waals surface area contributed by atoms with Crippen molar-refractivity contribution in [3.63, 3.8) is 0 Å². The van der Waals surface area contributed by atoms with E-state index in [1.807, 2.05) is 18.2 Å². The molecule has 1 saturated heterocycles. The summed E-state index contributed by atoms with van der Waals surface area (Å²) in [7, 11) is 1.70. The predicted octanol–water partition coefficient (Wildman–Crippen LogP) is 3.29. The van der Waals surface area contributed by atoms with Crippen LogP contribution in [0.1, 0.15) is 43.9 Å². The normalized spacial score (nSPS) is 18.2. The summed E-state index contributed by atoms with van der Waals surface area (Å²) in [4.78, 5) is 9.63. The van der Waals surface area contributed by atoms with Gasteiger partial charge in [-0.15, -0.1) is 0 Å². The Balaban J connectivity index is 1.35. The number of aromatic nitrogens is 1. The molecular weight excluding hydrogens is 406 g/mol. The molecule has 0 atom stereocenters. The van der Waals surface area contributed by atoms with Crippen LogP contribution in [-0.2, 0) is 13.1 Å². The number of piperazine rings is 1. The number of aliphatic imine (C=N–C) groups is 1. The highest BCUT2D eigenvalue weighted by Gasteiger charge is 2.21. The van der Waals surface area contributed by atoms with E-state index < -0.39 is 0 Å². The van der Waals surface area contributed by atoms with Gasteiger partial charge in [0, 0.05) is 45.3 Å². The van der Waals surface area contributed by atoms with Gasteiger partial charge in [-0.05, 0) is 50.3 Å². The fourth-order valence-corrected chi connectivity index (χ4v) is 4.35. The molecule has 1 aromatic carbocycles. The Bertz CT molecular complexity index is 857. The number of methoxy groups -OCH3 is 1. The van der Waals surface area contributed by atoms with Gasteiger partial charge in [0.15, 0.2) is 17.5 Å². The molecule has 1 aromatic heterocycles. The highest BCUT2D eigenvalue weighted by molar-refractivity contribution is 5.80. The lowest BCUT2D eigenvalue weighted by atomic mass is 10.2. The molecule has 1 saturated carbocycles. The maximum atomic E-state index is 6.16. The van der Waals surface area contributed by atoms with Gasteiger partial charge in [0.1, 0.15) is 6.26 Å². The zero-order valence-corrected chi connectivity index (χ0v) is 19.3. The SMILES string of the molecule is CCNC(=NCc1ccc(OC2CCCC2)c(OC)c1)N1CCN(Cc2ccon2)CC1. The van der Waals surface area contributed by atoms with E-state index in [4.69, 9.17) is 19.0 Å². The number of benzene rings is 1. The van der Waals surface area contributed by atoms with Crippen LogP contribution < -0.4 is 14.8 Å². The number of guanidine groups is 1. The summed E-state index contributed by atoms with van der Waals surface area (Å²) in [5.74, 6) is 2.58. The van der Waals surface area contributed by atoms with E-state index in [0.29, 0.717) is 12.6 Å². The van der Waals surface area contributed by atoms with Gasteiger partial charge in [-0.25, -0.2) is 4.99 Å². The molecule has 8 nitrogen and oxygen atoms in total. The highest BCUT2D eigenvalue weighted by Crippen LogP contribution is 2.32. The average Bonchev–Trinajstić information content (AvgIpc) is 3.52. The molecule has 2 heterocycles. The van der Waals surface area contributed by atoms with Crippen LogP contribution in [0.4, 0.5) is 0 Å². The van der Waals surface area contributed by atoms with Gasteiger partial charge in [0.25, 0.3) is 0 Å². The Morgan fingerprint density at radius 3 is 2.66 bits per heavy atom. The second-order valence-electron chi connectivity index (χ2n) is 8.43. The van der Waals surface area contributed by atoms with Crippen LogP contribution in [0.3, 0.4) is 0 Å². The standard InChI is InChI=1S/C24H35N5O3/c1-3-25-24(29-13-11-28(12-14-29)18-20-10-15-31-27-20)26-17-19-8-9-22(23(16-19)30-2)32-21-6-4-5-7-21/h8-10,15-16,21H,3-7,11-14,17-18H2,1-2H3,(H,25,26). The molecule has 2 aliphatic rings. The molecule has 0 bridgehead atoms. The van der Waals surface area contributed by atoms with Crippen molar-refractivity contribution in [1.82, 2.24) is 20.3 Å². The molecule has 0 unspecified atom stereocenters. The van der Waals surface area contributed by atoms with Crippen molar-refractivity contribution in [2.24, 2.45) is 4.99 Å². The number of nitrogens with zero attached hydrogens (tertiary/aromatic N) is 4. The van der Waals surface area contributed by atoms with E-state index in [-0.39, 0.29) is 0 Å². The minimum Gasteiger partial charge on any atom is -0.493 e. The first kappa shape index (κ1) is 22.5. The van der Waals surface area contributed by atoms with E-state index in [2.05, 4.69) is 33.3 Å². The zero-order valence-electron chi connectivity index (χ0n) is 19.3. The third kappa shape index (κ3) is 5.94. The van der Waals surface area contributed by atoms with Crippen molar-refractivity contribution in [3.8, 4) is 11.5 Å². The molecule has 0 spiro atoms. The second kappa shape index (κ2) is 11.2. The average molecular weight is 442 g/mol. The van der Waals surface area contributed by atoms with Crippen LogP contribution in [0, 0.1) is 0 Å². The van der Waals surface area contributed by atoms with Gasteiger partial charge in [0.2, 0.25) is 0 Å². The lowest BCUT2D eigenvalue weighted by molar-refractivity contribution is 0.169. The van der Waals surface area contributed by atoms with Crippen molar-refractivity contribution in [1.29, 1.82) is 0 Å². The molecular formula is C24H35N5O3. The van der Waals surface area contributed by atoms with Crippen LogP contribution >= 0.6 is 0 Å². The molecule has 0 amide bonds. The van der Waals surface area contributed by atoms with Crippen molar-refractivity contribution >= 4 is 5.96 Å². The van der Waals surface area contributed by atoms with E-state index in [0.717, 1.165) is 80.8 Å². The van der Waals surface area contributed by atoms with Crippen LogP contribution in [-0.4, -0.2) is 66.9 Å². The van der Waals surface area contributed by atoms with Gasteiger partial charge in [-0.2, -0.15) is 0 Å². The highest BCUT2D eigenvalue weighted by atomic mass is 16.5. The Morgan fingerprint density at radius 2 is 1.97 bits per heavy atom. The van der Waals surface area contributed by atoms with Gasteiger partial charge >= 0.3 is 0 Å². The third-order valence-corrected chi connectivity index (χ3v) is 6.12. The molecule has 32 heavy (non-hydrogen) atoms. The predicted molar refractivity (Wildman–Crippen MR) is 124 cm³/mol. The minimum absolute atomic E-state index is 0.316. The molecule has 174 valence electrons. The summed E-state index contributed by atoms with van der Waals surface area (Å²) < 4.78 is 16.7. The summed E-state index contributed by atoms with van der Waals surface area (Å²) in [6.07, 6.45) is 6.71. The monoisotopic (exact) mass is 441 g/mol. The number of hydrogen-bond acceptors (Lipinski definition) is 6. The Kier molecular flexibility index (Phi) is 7.87. The second-order valence-corrected chi connectivity index (χ2v) is 8.43. The quantitative estimate of drug-likeness (QED) is 0.498. The maximum Gasteiger partial charge on any atom is 0.194 e. The summed E-state index contributed by atoms with van der Waals surface area (Å²) in [6, 6.07) is 8.09. The minimum atomic E-state index is 0.316. The molecule has 8 heteroatoms. The van der Waals surface area contributed by atoms with Crippen LogP contribution in [0.5, 0.6) is 11.5 Å². The Morgan fingerprint density at radius 1 is 1.16 bits per heavy atom. The van der Waals surface area contributed by atoms with Gasteiger partial charge in [0.05, 0.1) is 25.5 Å². The zero-order chi connectivity index (χ0) is 22.2. The summed E-state index contributed by atoms with van der Waals surface area (Å²) in [5.41, 5.74) is 2.09. The van der Waals surface area contributed by atoms with Crippen LogP contribution in [0.25, 0.3) is 0 Å². The smallest absolute Gasteiger partial charge is 0.194 e. The van der Waals surface area contributed by atoms with Crippen LogP contribution in [0.2, 0.25) is 0 Å². The lowest BCUT2D eigenvalue weighted by Crippen LogP contribution is -2.52. The Hall–Kier alpha value is -2.74.